The van der Waals surface area contributed by atoms with E-state index in [0.29, 0.717) is 6.04 Å². The van der Waals surface area contributed by atoms with Crippen LogP contribution in [0, 0.1) is 5.92 Å². The smallest absolute Gasteiger partial charge is 0.145 e. The molecular formula is C20H27N3O. The minimum absolute atomic E-state index is 0.109. The highest BCUT2D eigenvalue weighted by Gasteiger charge is 2.38. The largest absolute Gasteiger partial charge is 0.490 e. The Morgan fingerprint density at radius 2 is 2.08 bits per heavy atom. The van der Waals surface area contributed by atoms with Gasteiger partial charge in [0.25, 0.3) is 0 Å². The summed E-state index contributed by atoms with van der Waals surface area (Å²) in [7, 11) is 0. The minimum atomic E-state index is 0.109. The molecule has 1 aliphatic carbocycles. The van der Waals surface area contributed by atoms with Gasteiger partial charge in [0.2, 0.25) is 0 Å². The Morgan fingerprint density at radius 1 is 1.25 bits per heavy atom. The number of ether oxygens (including phenoxy) is 1. The first-order valence-electron chi connectivity index (χ1n) is 9.02. The van der Waals surface area contributed by atoms with E-state index < -0.39 is 0 Å². The van der Waals surface area contributed by atoms with Gasteiger partial charge in [-0.2, -0.15) is 5.10 Å². The monoisotopic (exact) mass is 325 g/mol. The first kappa shape index (κ1) is 15.7. The highest BCUT2D eigenvalue weighted by Crippen LogP contribution is 2.34. The molecule has 0 bridgehead atoms. The van der Waals surface area contributed by atoms with Crippen LogP contribution in [0.5, 0.6) is 5.75 Å². The van der Waals surface area contributed by atoms with E-state index in [4.69, 9.17) is 4.74 Å². The molecule has 1 aromatic carbocycles. The molecule has 4 nitrogen and oxygen atoms in total. The number of aromatic nitrogens is 2. The highest BCUT2D eigenvalue weighted by atomic mass is 16.5. The molecule has 1 saturated heterocycles. The van der Waals surface area contributed by atoms with Crippen molar-refractivity contribution in [2.75, 3.05) is 19.7 Å². The molecular weight excluding hydrogens is 298 g/mol. The second kappa shape index (κ2) is 5.92. The molecule has 2 unspecified atom stereocenters. The summed E-state index contributed by atoms with van der Waals surface area (Å²) in [4.78, 5) is 2.54. The lowest BCUT2D eigenvalue weighted by Gasteiger charge is -2.21. The molecule has 0 amide bonds. The fourth-order valence-corrected chi connectivity index (χ4v) is 3.12. The lowest BCUT2D eigenvalue weighted by Crippen LogP contribution is -2.15. The van der Waals surface area contributed by atoms with Crippen LogP contribution in [0.3, 0.4) is 0 Å². The number of nitrogens with zero attached hydrogens (tertiary/aromatic N) is 3. The van der Waals surface area contributed by atoms with Gasteiger partial charge in [0.1, 0.15) is 18.0 Å². The van der Waals surface area contributed by atoms with Crippen molar-refractivity contribution in [3.05, 3.63) is 42.2 Å². The summed E-state index contributed by atoms with van der Waals surface area (Å²) in [5.41, 5.74) is 2.43. The predicted octanol–water partition coefficient (Wildman–Crippen LogP) is 3.64. The zero-order chi connectivity index (χ0) is 16.7. The van der Waals surface area contributed by atoms with Crippen molar-refractivity contribution in [1.82, 2.24) is 14.7 Å². The molecule has 1 saturated carbocycles. The molecule has 1 aliphatic heterocycles. The molecule has 0 N–H and O–H groups in total. The van der Waals surface area contributed by atoms with E-state index in [9.17, 15) is 0 Å². The Bertz CT molecular complexity index is 698. The summed E-state index contributed by atoms with van der Waals surface area (Å²) in [5, 5.41) is 4.40. The number of benzene rings is 1. The maximum Gasteiger partial charge on any atom is 0.145 e. The van der Waals surface area contributed by atoms with Gasteiger partial charge in [-0.1, -0.05) is 26.8 Å². The van der Waals surface area contributed by atoms with Crippen LogP contribution in [0.2, 0.25) is 0 Å². The van der Waals surface area contributed by atoms with Gasteiger partial charge in [0, 0.05) is 25.5 Å². The second-order valence-corrected chi connectivity index (χ2v) is 8.25. The van der Waals surface area contributed by atoms with Gasteiger partial charge < -0.3 is 4.74 Å². The molecule has 2 atom stereocenters. The predicted molar refractivity (Wildman–Crippen MR) is 95.8 cm³/mol. The van der Waals surface area contributed by atoms with Crippen LogP contribution in [-0.2, 0) is 5.41 Å². The van der Waals surface area contributed by atoms with Crippen molar-refractivity contribution in [3.8, 4) is 11.4 Å². The van der Waals surface area contributed by atoms with Gasteiger partial charge in [-0.05, 0) is 47.9 Å². The Morgan fingerprint density at radius 3 is 2.75 bits per heavy atom. The van der Waals surface area contributed by atoms with E-state index >= 15 is 0 Å². The standard InChI is InChI=1S/C20H27N3O/c1-20(2,3)16-7-8-19(18(11-16)23-10-4-9-21-23)24-14-17-13-22(17)12-15-5-6-15/h4,7-11,15,17H,5-6,12-14H2,1-3H3. The quantitative estimate of drug-likeness (QED) is 0.760. The van der Waals surface area contributed by atoms with Gasteiger partial charge in [0.15, 0.2) is 0 Å². The van der Waals surface area contributed by atoms with Crippen molar-refractivity contribution in [3.63, 3.8) is 0 Å². The van der Waals surface area contributed by atoms with Gasteiger partial charge >= 0.3 is 0 Å². The average molecular weight is 325 g/mol. The molecule has 24 heavy (non-hydrogen) atoms. The van der Waals surface area contributed by atoms with Crippen LogP contribution in [-0.4, -0.2) is 40.4 Å². The maximum atomic E-state index is 6.18. The van der Waals surface area contributed by atoms with Crippen molar-refractivity contribution >= 4 is 0 Å². The van der Waals surface area contributed by atoms with Crippen molar-refractivity contribution in [2.45, 2.75) is 45.1 Å². The third-order valence-electron chi connectivity index (χ3n) is 5.03. The Balaban J connectivity index is 1.49. The van der Waals surface area contributed by atoms with Gasteiger partial charge in [0.05, 0.1) is 6.04 Å². The summed E-state index contributed by atoms with van der Waals surface area (Å²) in [5.74, 6) is 1.88. The highest BCUT2D eigenvalue weighted by molar-refractivity contribution is 5.50. The number of hydrogen-bond donors (Lipinski definition) is 0. The topological polar surface area (TPSA) is 30.1 Å². The molecule has 4 rings (SSSR count). The van der Waals surface area contributed by atoms with Crippen LogP contribution in [0.15, 0.2) is 36.7 Å². The SMILES string of the molecule is CC(C)(C)c1ccc(OCC2CN2CC2CC2)c(-n2cccn2)c1. The molecule has 1 aromatic heterocycles. The zero-order valence-corrected chi connectivity index (χ0v) is 14.9. The Hall–Kier alpha value is -1.81. The van der Waals surface area contributed by atoms with Crippen LogP contribution in [0.4, 0.5) is 0 Å². The first-order valence-corrected chi connectivity index (χ1v) is 9.02. The zero-order valence-electron chi connectivity index (χ0n) is 14.9. The molecule has 0 radical (unpaired) electrons. The van der Waals surface area contributed by atoms with Gasteiger partial charge in [-0.25, -0.2) is 4.68 Å². The molecule has 0 spiro atoms. The van der Waals surface area contributed by atoms with Gasteiger partial charge in [-0.15, -0.1) is 0 Å². The lowest BCUT2D eigenvalue weighted by atomic mass is 9.87. The second-order valence-electron chi connectivity index (χ2n) is 8.25. The average Bonchev–Trinajstić information content (AvgIpc) is 3.45. The van der Waals surface area contributed by atoms with Crippen LogP contribution in [0.25, 0.3) is 5.69 Å². The fourth-order valence-electron chi connectivity index (χ4n) is 3.12. The van der Waals surface area contributed by atoms with E-state index in [2.05, 4.69) is 49.0 Å². The minimum Gasteiger partial charge on any atom is -0.490 e. The van der Waals surface area contributed by atoms with E-state index in [1.807, 2.05) is 23.1 Å². The summed E-state index contributed by atoms with van der Waals surface area (Å²) in [6, 6.07) is 9.03. The van der Waals surface area contributed by atoms with E-state index in [1.165, 1.54) is 31.5 Å². The lowest BCUT2D eigenvalue weighted by molar-refractivity contribution is 0.290. The molecule has 2 fully saturated rings. The van der Waals surface area contributed by atoms with Crippen LogP contribution >= 0.6 is 0 Å². The Labute approximate surface area is 144 Å². The fraction of sp³-hybridized carbons (Fsp3) is 0.550. The van der Waals surface area contributed by atoms with Crippen LogP contribution < -0.4 is 4.74 Å². The first-order chi connectivity index (χ1) is 11.5. The third kappa shape index (κ3) is 3.48. The van der Waals surface area contributed by atoms with Gasteiger partial charge in [-0.3, -0.25) is 4.90 Å². The summed E-state index contributed by atoms with van der Waals surface area (Å²) in [6.45, 7) is 9.92. The van der Waals surface area contributed by atoms with E-state index in [1.54, 1.807) is 0 Å². The normalized spacial score (nSPS) is 23.3. The van der Waals surface area contributed by atoms with E-state index in [0.717, 1.165) is 24.0 Å². The number of rotatable bonds is 6. The summed E-state index contributed by atoms with van der Waals surface area (Å²) >= 11 is 0. The van der Waals surface area contributed by atoms with Crippen molar-refractivity contribution < 1.29 is 4.74 Å². The molecule has 2 heterocycles. The van der Waals surface area contributed by atoms with Crippen molar-refractivity contribution in [2.24, 2.45) is 5.92 Å². The molecule has 2 aliphatic rings. The maximum absolute atomic E-state index is 6.18. The van der Waals surface area contributed by atoms with Crippen molar-refractivity contribution in [1.29, 1.82) is 0 Å². The van der Waals surface area contributed by atoms with E-state index in [-0.39, 0.29) is 5.41 Å². The number of hydrogen-bond acceptors (Lipinski definition) is 3. The van der Waals surface area contributed by atoms with Crippen LogP contribution in [0.1, 0.15) is 39.2 Å². The molecule has 128 valence electrons. The summed E-state index contributed by atoms with van der Waals surface area (Å²) < 4.78 is 8.08. The molecule has 2 aromatic rings. The summed E-state index contributed by atoms with van der Waals surface area (Å²) in [6.07, 6.45) is 6.63. The third-order valence-corrected chi connectivity index (χ3v) is 5.03. The Kier molecular flexibility index (Phi) is 3.87. The molecule has 4 heteroatoms.